The van der Waals surface area contributed by atoms with E-state index in [1.165, 1.54) is 4.90 Å². The van der Waals surface area contributed by atoms with Crippen molar-refractivity contribution >= 4 is 46.7 Å². The number of aromatic nitrogens is 5. The van der Waals surface area contributed by atoms with E-state index in [-0.39, 0.29) is 59.8 Å². The molecule has 1 aliphatic rings. The SMILES string of the molecule is COCn1cc(CC(=O)C(C)C)nc1/C=C1\C(=O)N(Cc2ncc(C)c(OC)c2C)c2nc(N)nc(Cl)c21. The monoisotopic (exact) mass is 539 g/mol. The van der Waals surface area contributed by atoms with Gasteiger partial charge in [-0.3, -0.25) is 19.5 Å². The number of methoxy groups -OCH3 is 2. The van der Waals surface area contributed by atoms with Crippen molar-refractivity contribution in [2.75, 3.05) is 24.9 Å². The van der Waals surface area contributed by atoms with E-state index in [1.807, 2.05) is 27.7 Å². The van der Waals surface area contributed by atoms with Crippen molar-refractivity contribution < 1.29 is 19.1 Å². The number of Topliss-reactive ketones (excluding diaryl/α,β-unsaturated/α-hetero) is 1. The van der Waals surface area contributed by atoms with Gasteiger partial charge in [-0.05, 0) is 19.9 Å². The molecule has 0 fully saturated rings. The van der Waals surface area contributed by atoms with Gasteiger partial charge in [0.1, 0.15) is 29.2 Å². The van der Waals surface area contributed by atoms with Crippen LogP contribution in [0.15, 0.2) is 12.4 Å². The Balaban J connectivity index is 1.80. The first-order chi connectivity index (χ1) is 18.0. The van der Waals surface area contributed by atoms with E-state index in [0.717, 1.165) is 11.1 Å². The maximum Gasteiger partial charge on any atom is 0.260 e. The van der Waals surface area contributed by atoms with E-state index >= 15 is 0 Å². The number of ketones is 1. The summed E-state index contributed by atoms with van der Waals surface area (Å²) in [5.74, 6) is 0.906. The van der Waals surface area contributed by atoms with Gasteiger partial charge in [0.05, 0.1) is 42.6 Å². The number of pyridine rings is 1. The number of hydrogen-bond acceptors (Lipinski definition) is 9. The maximum atomic E-state index is 13.8. The summed E-state index contributed by atoms with van der Waals surface area (Å²) in [4.78, 5) is 45.1. The second kappa shape index (κ2) is 10.9. The van der Waals surface area contributed by atoms with E-state index in [2.05, 4.69) is 19.9 Å². The fraction of sp³-hybridized carbons (Fsp3) is 0.385. The van der Waals surface area contributed by atoms with Gasteiger partial charge in [0.25, 0.3) is 5.91 Å². The minimum absolute atomic E-state index is 0.0424. The zero-order valence-electron chi connectivity index (χ0n) is 22.2. The van der Waals surface area contributed by atoms with E-state index in [1.54, 1.807) is 37.3 Å². The number of nitrogen functional groups attached to an aromatic ring is 1. The third-order valence-corrected chi connectivity index (χ3v) is 6.59. The molecule has 0 saturated carbocycles. The number of hydrogen-bond donors (Lipinski definition) is 1. The number of aryl methyl sites for hydroxylation is 1. The number of rotatable bonds is 9. The number of carbonyl (C=O) groups is 2. The van der Waals surface area contributed by atoms with E-state index in [0.29, 0.717) is 28.5 Å². The Morgan fingerprint density at radius 2 is 1.95 bits per heavy atom. The summed E-state index contributed by atoms with van der Waals surface area (Å²) < 4.78 is 12.5. The standard InChI is InChI=1S/C26H30ClN7O4/c1-13(2)19(35)7-16-10-33(12-37-5)20(30-16)8-17-21-23(27)31-26(28)32-24(21)34(25(17)36)11-18-15(4)22(38-6)14(3)9-29-18/h8-10,13H,7,11-12H2,1-6H3,(H2,28,31,32)/b17-8-. The first-order valence-corrected chi connectivity index (χ1v) is 12.4. The number of amides is 1. The Kier molecular flexibility index (Phi) is 7.79. The highest BCUT2D eigenvalue weighted by Gasteiger charge is 2.38. The molecule has 0 aromatic carbocycles. The largest absolute Gasteiger partial charge is 0.496 e. The quantitative estimate of drug-likeness (QED) is 0.320. The van der Waals surface area contributed by atoms with E-state index in [4.69, 9.17) is 26.8 Å². The van der Waals surface area contributed by atoms with E-state index in [9.17, 15) is 9.59 Å². The lowest BCUT2D eigenvalue weighted by Gasteiger charge is -2.19. The summed E-state index contributed by atoms with van der Waals surface area (Å²) >= 11 is 6.50. The first-order valence-electron chi connectivity index (χ1n) is 12.0. The van der Waals surface area contributed by atoms with Crippen LogP contribution in [0.4, 0.5) is 11.8 Å². The fourth-order valence-electron chi connectivity index (χ4n) is 4.32. The van der Waals surface area contributed by atoms with Gasteiger partial charge in [0.15, 0.2) is 5.82 Å². The lowest BCUT2D eigenvalue weighted by molar-refractivity contribution is -0.121. The number of nitrogens with two attached hydrogens (primary N) is 1. The van der Waals surface area contributed by atoms with Crippen molar-refractivity contribution in [3.63, 3.8) is 0 Å². The number of imidazole rings is 1. The molecule has 0 spiro atoms. The lowest BCUT2D eigenvalue weighted by atomic mass is 10.1. The van der Waals surface area contributed by atoms with Gasteiger partial charge < -0.3 is 19.8 Å². The average molecular weight is 540 g/mol. The molecule has 0 bridgehead atoms. The van der Waals surface area contributed by atoms with Crippen LogP contribution in [0.25, 0.3) is 11.6 Å². The van der Waals surface area contributed by atoms with Crippen LogP contribution >= 0.6 is 11.6 Å². The maximum absolute atomic E-state index is 13.8. The molecule has 0 atom stereocenters. The predicted octanol–water partition coefficient (Wildman–Crippen LogP) is 3.39. The molecule has 200 valence electrons. The summed E-state index contributed by atoms with van der Waals surface area (Å²) in [6, 6.07) is 0. The van der Waals surface area contributed by atoms with Crippen LogP contribution in [0.1, 0.15) is 47.8 Å². The summed E-state index contributed by atoms with van der Waals surface area (Å²) in [7, 11) is 3.14. The highest BCUT2D eigenvalue weighted by atomic mass is 35.5. The predicted molar refractivity (Wildman–Crippen MR) is 144 cm³/mol. The molecule has 12 heteroatoms. The highest BCUT2D eigenvalue weighted by molar-refractivity contribution is 6.41. The van der Waals surface area contributed by atoms with Gasteiger partial charge in [-0.1, -0.05) is 25.4 Å². The van der Waals surface area contributed by atoms with Crippen molar-refractivity contribution in [3.8, 4) is 5.75 Å². The summed E-state index contributed by atoms with van der Waals surface area (Å²) in [6.45, 7) is 7.75. The second-order valence-electron chi connectivity index (χ2n) is 9.34. The van der Waals surface area contributed by atoms with Crippen LogP contribution in [0.5, 0.6) is 5.75 Å². The Hall–Kier alpha value is -3.83. The van der Waals surface area contributed by atoms with Crippen molar-refractivity contribution in [2.24, 2.45) is 5.92 Å². The summed E-state index contributed by atoms with van der Waals surface area (Å²) in [5, 5.41) is 0.0424. The number of ether oxygens (including phenoxy) is 2. The third-order valence-electron chi connectivity index (χ3n) is 6.32. The molecule has 4 heterocycles. The molecule has 11 nitrogen and oxygen atoms in total. The van der Waals surface area contributed by atoms with Gasteiger partial charge in [-0.2, -0.15) is 4.98 Å². The molecule has 0 radical (unpaired) electrons. The third kappa shape index (κ3) is 5.11. The molecule has 3 aromatic heterocycles. The Labute approximate surface area is 225 Å². The number of nitrogens with zero attached hydrogens (tertiary/aromatic N) is 6. The van der Waals surface area contributed by atoms with Crippen molar-refractivity contribution in [2.45, 2.75) is 47.4 Å². The lowest BCUT2D eigenvalue weighted by Crippen LogP contribution is -2.27. The molecule has 1 amide bonds. The number of halogens is 1. The Bertz CT molecular complexity index is 1450. The van der Waals surface area contributed by atoms with Crippen molar-refractivity contribution in [1.82, 2.24) is 24.5 Å². The average Bonchev–Trinajstić information content (AvgIpc) is 3.34. The van der Waals surface area contributed by atoms with Gasteiger partial charge in [0, 0.05) is 36.5 Å². The zero-order valence-corrected chi connectivity index (χ0v) is 23.0. The number of carbonyl (C=O) groups excluding carboxylic acids is 2. The van der Waals surface area contributed by atoms with Crippen molar-refractivity contribution in [1.29, 1.82) is 0 Å². The highest BCUT2D eigenvalue weighted by Crippen LogP contribution is 2.41. The summed E-state index contributed by atoms with van der Waals surface area (Å²) in [6.07, 6.45) is 5.20. The van der Waals surface area contributed by atoms with Crippen LogP contribution in [-0.4, -0.2) is 50.4 Å². The van der Waals surface area contributed by atoms with Crippen LogP contribution in [-0.2, 0) is 34.0 Å². The molecule has 3 aromatic rings. The Morgan fingerprint density at radius 3 is 2.61 bits per heavy atom. The summed E-state index contributed by atoms with van der Waals surface area (Å²) in [5.41, 5.74) is 9.38. The number of anilines is 2. The molecule has 38 heavy (non-hydrogen) atoms. The zero-order chi connectivity index (χ0) is 27.7. The van der Waals surface area contributed by atoms with Gasteiger partial charge >= 0.3 is 0 Å². The van der Waals surface area contributed by atoms with Gasteiger partial charge in [0.2, 0.25) is 5.95 Å². The minimum atomic E-state index is -0.366. The molecule has 0 aliphatic carbocycles. The van der Waals surface area contributed by atoms with Crippen molar-refractivity contribution in [3.05, 3.63) is 51.4 Å². The van der Waals surface area contributed by atoms with Gasteiger partial charge in [-0.25, -0.2) is 9.97 Å². The topological polar surface area (TPSA) is 138 Å². The van der Waals surface area contributed by atoms with Crippen LogP contribution < -0.4 is 15.4 Å². The molecule has 2 N–H and O–H groups in total. The van der Waals surface area contributed by atoms with Crippen LogP contribution in [0.3, 0.4) is 0 Å². The molecular weight excluding hydrogens is 510 g/mol. The van der Waals surface area contributed by atoms with E-state index < -0.39 is 0 Å². The normalized spacial score (nSPS) is 14.1. The molecule has 0 unspecified atom stereocenters. The molecular formula is C26H30ClN7O4. The van der Waals surface area contributed by atoms with Crippen LogP contribution in [0, 0.1) is 19.8 Å². The smallest absolute Gasteiger partial charge is 0.260 e. The van der Waals surface area contributed by atoms with Crippen LogP contribution in [0.2, 0.25) is 5.15 Å². The fourth-order valence-corrected chi connectivity index (χ4v) is 4.59. The van der Waals surface area contributed by atoms with Gasteiger partial charge in [-0.15, -0.1) is 0 Å². The molecule has 1 aliphatic heterocycles. The molecule has 4 rings (SSSR count). The first kappa shape index (κ1) is 27.2. The molecule has 0 saturated heterocycles. The number of fused-ring (bicyclic) bond motifs is 1. The minimum Gasteiger partial charge on any atom is -0.496 e. The second-order valence-corrected chi connectivity index (χ2v) is 9.70. The Morgan fingerprint density at radius 1 is 1.21 bits per heavy atom.